The molecule has 0 saturated heterocycles. The molecule has 0 saturated carbocycles. The van der Waals surface area contributed by atoms with Gasteiger partial charge in [0.05, 0.1) is 13.3 Å². The van der Waals surface area contributed by atoms with Crippen LogP contribution in [0.4, 0.5) is 8.78 Å². The number of thiazole rings is 1. The van der Waals surface area contributed by atoms with E-state index in [1.54, 1.807) is 12.1 Å². The first-order valence-electron chi connectivity index (χ1n) is 5.04. The summed E-state index contributed by atoms with van der Waals surface area (Å²) in [6.07, 6.45) is -1.08. The summed E-state index contributed by atoms with van der Waals surface area (Å²) in [4.78, 5) is 15.7. The molecule has 6 heteroatoms. The van der Waals surface area contributed by atoms with Crippen LogP contribution in [0.5, 0.6) is 0 Å². The fourth-order valence-electron chi connectivity index (χ4n) is 1.37. The average molecular weight is 269 g/mol. The highest BCUT2D eigenvalue weighted by Gasteiger charge is 2.12. The van der Waals surface area contributed by atoms with Crippen LogP contribution in [-0.4, -0.2) is 18.1 Å². The second-order valence-electron chi connectivity index (χ2n) is 3.44. The Hall–Kier alpha value is -1.82. The third-order valence-corrected chi connectivity index (χ3v) is 3.33. The molecule has 1 aromatic carbocycles. The van der Waals surface area contributed by atoms with E-state index in [0.29, 0.717) is 15.4 Å². The molecule has 0 unspecified atom stereocenters. The second kappa shape index (κ2) is 5.22. The molecule has 0 N–H and O–H groups in total. The van der Waals surface area contributed by atoms with E-state index in [1.807, 2.05) is 0 Å². The van der Waals surface area contributed by atoms with Gasteiger partial charge in [-0.05, 0) is 0 Å². The van der Waals surface area contributed by atoms with Crippen molar-refractivity contribution in [1.29, 1.82) is 0 Å². The highest BCUT2D eigenvalue weighted by Crippen LogP contribution is 2.27. The first-order chi connectivity index (χ1) is 8.61. The highest BCUT2D eigenvalue weighted by molar-refractivity contribution is 7.16. The smallest absolute Gasteiger partial charge is 0.349 e. The lowest BCUT2D eigenvalue weighted by Crippen LogP contribution is -1.96. The van der Waals surface area contributed by atoms with Gasteiger partial charge in [0.1, 0.15) is 9.88 Å². The standard InChI is InChI=1S/C12H9F2NO2S/c1-17-12(16)9-6-15-11(18-9)8-4-2-7(3-5-8)10(13)14/h2-6,10H,1H3. The zero-order valence-electron chi connectivity index (χ0n) is 9.39. The lowest BCUT2D eigenvalue weighted by Gasteiger charge is -2.00. The number of rotatable bonds is 3. The molecule has 0 spiro atoms. The van der Waals surface area contributed by atoms with Crippen molar-refractivity contribution < 1.29 is 18.3 Å². The van der Waals surface area contributed by atoms with Gasteiger partial charge in [0.25, 0.3) is 6.43 Å². The van der Waals surface area contributed by atoms with Gasteiger partial charge in [-0.25, -0.2) is 18.6 Å². The maximum Gasteiger partial charge on any atom is 0.349 e. The molecule has 2 rings (SSSR count). The minimum absolute atomic E-state index is 0.0384. The fraction of sp³-hybridized carbons (Fsp3) is 0.167. The zero-order chi connectivity index (χ0) is 13.1. The Balaban J connectivity index is 2.26. The van der Waals surface area contributed by atoms with Crippen LogP contribution in [0, 0.1) is 0 Å². The van der Waals surface area contributed by atoms with Crippen LogP contribution in [0.1, 0.15) is 21.7 Å². The van der Waals surface area contributed by atoms with E-state index in [1.165, 1.54) is 25.4 Å². The number of benzene rings is 1. The molecule has 0 aliphatic rings. The summed E-state index contributed by atoms with van der Waals surface area (Å²) in [5.41, 5.74) is 0.656. The minimum atomic E-state index is -2.49. The van der Waals surface area contributed by atoms with E-state index in [0.717, 1.165) is 11.3 Å². The number of carbonyl (C=O) groups is 1. The van der Waals surface area contributed by atoms with Crippen LogP contribution in [0.15, 0.2) is 30.5 Å². The molecule has 18 heavy (non-hydrogen) atoms. The molecule has 0 aliphatic carbocycles. The quantitative estimate of drug-likeness (QED) is 0.800. The molecule has 94 valence electrons. The Morgan fingerprint density at radius 3 is 2.56 bits per heavy atom. The van der Waals surface area contributed by atoms with Gasteiger partial charge in [0, 0.05) is 11.1 Å². The highest BCUT2D eigenvalue weighted by atomic mass is 32.1. The Morgan fingerprint density at radius 1 is 1.33 bits per heavy atom. The van der Waals surface area contributed by atoms with E-state index in [2.05, 4.69) is 9.72 Å². The topological polar surface area (TPSA) is 39.2 Å². The van der Waals surface area contributed by atoms with E-state index in [4.69, 9.17) is 0 Å². The Kier molecular flexibility index (Phi) is 3.66. The van der Waals surface area contributed by atoms with Gasteiger partial charge in [0.2, 0.25) is 0 Å². The van der Waals surface area contributed by atoms with Crippen LogP contribution in [0.25, 0.3) is 10.6 Å². The lowest BCUT2D eigenvalue weighted by molar-refractivity contribution is 0.0606. The zero-order valence-corrected chi connectivity index (χ0v) is 10.2. The van der Waals surface area contributed by atoms with E-state index in [-0.39, 0.29) is 5.56 Å². The van der Waals surface area contributed by atoms with Crippen molar-refractivity contribution in [3.8, 4) is 10.6 Å². The van der Waals surface area contributed by atoms with Crippen molar-refractivity contribution in [1.82, 2.24) is 4.98 Å². The van der Waals surface area contributed by atoms with Crippen LogP contribution in [-0.2, 0) is 4.74 Å². The van der Waals surface area contributed by atoms with Gasteiger partial charge in [-0.15, -0.1) is 11.3 Å². The summed E-state index contributed by atoms with van der Waals surface area (Å²) in [6.45, 7) is 0. The van der Waals surface area contributed by atoms with Crippen LogP contribution in [0.3, 0.4) is 0 Å². The number of hydrogen-bond acceptors (Lipinski definition) is 4. The molecular weight excluding hydrogens is 260 g/mol. The Labute approximate surface area is 106 Å². The third-order valence-electron chi connectivity index (χ3n) is 2.30. The average Bonchev–Trinajstić information content (AvgIpc) is 2.87. The van der Waals surface area contributed by atoms with Crippen LogP contribution in [0.2, 0.25) is 0 Å². The van der Waals surface area contributed by atoms with Gasteiger partial charge in [-0.3, -0.25) is 0 Å². The van der Waals surface area contributed by atoms with Gasteiger partial charge in [-0.1, -0.05) is 24.3 Å². The van der Waals surface area contributed by atoms with Gasteiger partial charge in [0.15, 0.2) is 0 Å². The number of carbonyl (C=O) groups excluding carboxylic acids is 1. The van der Waals surface area contributed by atoms with Gasteiger partial charge in [-0.2, -0.15) is 0 Å². The molecule has 0 aliphatic heterocycles. The number of esters is 1. The second-order valence-corrected chi connectivity index (χ2v) is 4.47. The number of ether oxygens (including phenoxy) is 1. The molecule has 2 aromatic rings. The number of hydrogen-bond donors (Lipinski definition) is 0. The molecule has 0 bridgehead atoms. The first kappa shape index (κ1) is 12.6. The molecule has 0 radical (unpaired) electrons. The summed E-state index contributed by atoms with van der Waals surface area (Å²) >= 11 is 1.16. The summed E-state index contributed by atoms with van der Waals surface area (Å²) < 4.78 is 29.3. The van der Waals surface area contributed by atoms with E-state index < -0.39 is 12.4 Å². The number of nitrogens with zero attached hydrogens (tertiary/aromatic N) is 1. The summed E-state index contributed by atoms with van der Waals surface area (Å²) in [6, 6.07) is 5.81. The fourth-order valence-corrected chi connectivity index (χ4v) is 2.21. The largest absolute Gasteiger partial charge is 0.465 e. The Morgan fingerprint density at radius 2 is 2.00 bits per heavy atom. The first-order valence-corrected chi connectivity index (χ1v) is 5.86. The molecule has 0 fully saturated rings. The number of halogens is 2. The van der Waals surface area contributed by atoms with E-state index in [9.17, 15) is 13.6 Å². The van der Waals surface area contributed by atoms with Crippen molar-refractivity contribution in [3.63, 3.8) is 0 Å². The maximum atomic E-state index is 12.4. The summed E-state index contributed by atoms with van der Waals surface area (Å²) in [7, 11) is 1.29. The van der Waals surface area contributed by atoms with Gasteiger partial charge >= 0.3 is 5.97 Å². The number of methoxy groups -OCH3 is 1. The van der Waals surface area contributed by atoms with Crippen molar-refractivity contribution in [2.75, 3.05) is 7.11 Å². The summed E-state index contributed by atoms with van der Waals surface area (Å²) in [5.74, 6) is -0.456. The predicted octanol–water partition coefficient (Wildman–Crippen LogP) is 3.53. The molecule has 1 heterocycles. The van der Waals surface area contributed by atoms with Crippen molar-refractivity contribution in [2.24, 2.45) is 0 Å². The Bertz CT molecular complexity index is 551. The number of alkyl halides is 2. The van der Waals surface area contributed by atoms with E-state index >= 15 is 0 Å². The van der Waals surface area contributed by atoms with Crippen molar-refractivity contribution >= 4 is 17.3 Å². The van der Waals surface area contributed by atoms with Crippen LogP contribution >= 0.6 is 11.3 Å². The SMILES string of the molecule is COC(=O)c1cnc(-c2ccc(C(F)F)cc2)s1. The van der Waals surface area contributed by atoms with Crippen molar-refractivity contribution in [2.45, 2.75) is 6.43 Å². The third kappa shape index (κ3) is 2.53. The normalized spacial score (nSPS) is 10.7. The number of aromatic nitrogens is 1. The monoisotopic (exact) mass is 269 g/mol. The molecule has 0 atom stereocenters. The summed E-state index contributed by atoms with van der Waals surface area (Å²) in [5, 5.41) is 0.594. The van der Waals surface area contributed by atoms with Gasteiger partial charge < -0.3 is 4.74 Å². The lowest BCUT2D eigenvalue weighted by atomic mass is 10.1. The van der Waals surface area contributed by atoms with Crippen LogP contribution < -0.4 is 0 Å². The molecule has 3 nitrogen and oxygen atoms in total. The maximum absolute atomic E-state index is 12.4. The molecular formula is C12H9F2NO2S. The molecule has 0 amide bonds. The minimum Gasteiger partial charge on any atom is -0.465 e. The molecule has 1 aromatic heterocycles. The van der Waals surface area contributed by atoms with Crippen molar-refractivity contribution in [3.05, 3.63) is 40.9 Å². The predicted molar refractivity (Wildman–Crippen MR) is 63.8 cm³/mol.